The quantitative estimate of drug-likeness (QED) is 0.0910. The number of hydrogen-bond donors (Lipinski definition) is 2. The molecule has 0 bridgehead atoms. The van der Waals surface area contributed by atoms with Crippen LogP contribution in [0.4, 0.5) is 13.2 Å². The van der Waals surface area contributed by atoms with Gasteiger partial charge in [-0.1, -0.05) is 24.1 Å². The third-order valence-electron chi connectivity index (χ3n) is 8.26. The summed E-state index contributed by atoms with van der Waals surface area (Å²) in [5, 5.41) is 15.8. The van der Waals surface area contributed by atoms with Crippen LogP contribution < -0.4 is 4.74 Å². The van der Waals surface area contributed by atoms with E-state index in [0.29, 0.717) is 32.3 Å². The maximum absolute atomic E-state index is 13.7. The first kappa shape index (κ1) is 34.1. The van der Waals surface area contributed by atoms with E-state index in [4.69, 9.17) is 29.2 Å². The maximum Gasteiger partial charge on any atom is 0.419 e. The van der Waals surface area contributed by atoms with Gasteiger partial charge in [0, 0.05) is 25.7 Å². The van der Waals surface area contributed by atoms with Gasteiger partial charge in [-0.2, -0.15) is 13.2 Å². The molecule has 0 amide bonds. The van der Waals surface area contributed by atoms with Crippen molar-refractivity contribution in [2.75, 3.05) is 26.9 Å². The number of allylic oxidation sites excluding steroid dienone is 1. The van der Waals surface area contributed by atoms with Crippen LogP contribution >= 0.6 is 0 Å². The molecular formula is C32H45F3O7. The minimum Gasteiger partial charge on any atom is -0.493 e. The van der Waals surface area contributed by atoms with E-state index in [0.717, 1.165) is 38.9 Å². The summed E-state index contributed by atoms with van der Waals surface area (Å²) in [6.07, 6.45) is 5.66. The predicted molar refractivity (Wildman–Crippen MR) is 153 cm³/mol. The van der Waals surface area contributed by atoms with Crippen LogP contribution in [0.25, 0.3) is 6.08 Å². The summed E-state index contributed by atoms with van der Waals surface area (Å²) >= 11 is 0. The van der Waals surface area contributed by atoms with Crippen LogP contribution in [0, 0.1) is 5.92 Å². The van der Waals surface area contributed by atoms with Crippen LogP contribution in [-0.2, 0) is 25.2 Å². The molecule has 1 aliphatic carbocycles. The van der Waals surface area contributed by atoms with Gasteiger partial charge in [0.05, 0.1) is 36.1 Å². The van der Waals surface area contributed by atoms with E-state index in [-0.39, 0.29) is 53.9 Å². The van der Waals surface area contributed by atoms with Gasteiger partial charge in [-0.15, -0.1) is 0 Å². The average molecular weight is 599 g/mol. The topological polar surface area (TPSA) is 101 Å². The monoisotopic (exact) mass is 598 g/mol. The molecule has 2 N–H and O–H groups in total. The molecule has 2 aliphatic heterocycles. The molecule has 2 saturated heterocycles. The number of carbonyl (C=O) groups is 1. The molecule has 5 atom stereocenters. The van der Waals surface area contributed by atoms with Gasteiger partial charge in [-0.05, 0) is 89.5 Å². The fraction of sp³-hybridized carbons (Fsp3) is 0.656. The summed E-state index contributed by atoms with van der Waals surface area (Å²) in [5.41, 5.74) is 0.0636. The van der Waals surface area contributed by atoms with Gasteiger partial charge in [0.2, 0.25) is 0 Å². The second-order valence-corrected chi connectivity index (χ2v) is 11.6. The van der Waals surface area contributed by atoms with Crippen molar-refractivity contribution >= 4 is 12.0 Å². The molecule has 7 nitrogen and oxygen atoms in total. The van der Waals surface area contributed by atoms with Crippen molar-refractivity contribution in [1.82, 2.24) is 0 Å². The Kier molecular flexibility index (Phi) is 12.1. The number of aliphatic hydroxyl groups is 2. The molecule has 4 unspecified atom stereocenters. The second-order valence-electron chi connectivity index (χ2n) is 11.6. The molecule has 0 radical (unpaired) electrons. The SMILES string of the molecule is CC(C)=CCC1OC1(C)C1C[C@H](OC(=O)/C=C/c2ccc(OCCCCCCO)c(C(F)(F)F)c2)CCC12CO2.CO. The van der Waals surface area contributed by atoms with E-state index in [1.807, 2.05) is 0 Å². The van der Waals surface area contributed by atoms with Crippen molar-refractivity contribution in [2.24, 2.45) is 5.92 Å². The normalized spacial score (nSPS) is 28.2. The van der Waals surface area contributed by atoms with Crippen LogP contribution in [-0.4, -0.2) is 66.5 Å². The third kappa shape index (κ3) is 9.05. The fourth-order valence-electron chi connectivity index (χ4n) is 5.80. The molecule has 1 saturated carbocycles. The number of hydrogen-bond acceptors (Lipinski definition) is 7. The number of benzene rings is 1. The minimum atomic E-state index is -4.60. The van der Waals surface area contributed by atoms with Crippen molar-refractivity contribution < 1.29 is 47.1 Å². The minimum absolute atomic E-state index is 0.101. The van der Waals surface area contributed by atoms with E-state index in [2.05, 4.69) is 26.8 Å². The zero-order valence-electron chi connectivity index (χ0n) is 25.0. The number of halogens is 3. The van der Waals surface area contributed by atoms with Crippen molar-refractivity contribution in [2.45, 2.75) is 102 Å². The Morgan fingerprint density at radius 1 is 1.17 bits per heavy atom. The second kappa shape index (κ2) is 14.9. The lowest BCUT2D eigenvalue weighted by Gasteiger charge is -2.36. The van der Waals surface area contributed by atoms with Gasteiger partial charge < -0.3 is 29.2 Å². The highest BCUT2D eigenvalue weighted by molar-refractivity contribution is 5.87. The van der Waals surface area contributed by atoms with E-state index in [1.165, 1.54) is 29.9 Å². The van der Waals surface area contributed by atoms with Gasteiger partial charge in [0.1, 0.15) is 11.9 Å². The van der Waals surface area contributed by atoms with E-state index in [9.17, 15) is 18.0 Å². The van der Waals surface area contributed by atoms with E-state index in [1.54, 1.807) is 0 Å². The summed E-state index contributed by atoms with van der Waals surface area (Å²) in [4.78, 5) is 12.6. The number of aliphatic hydroxyl groups excluding tert-OH is 2. The third-order valence-corrected chi connectivity index (χ3v) is 8.26. The summed E-state index contributed by atoms with van der Waals surface area (Å²) < 4.78 is 64.2. The van der Waals surface area contributed by atoms with Crippen molar-refractivity contribution in [3.05, 3.63) is 47.1 Å². The molecule has 0 aromatic heterocycles. The first-order chi connectivity index (χ1) is 20.0. The Morgan fingerprint density at radius 3 is 2.52 bits per heavy atom. The molecule has 4 rings (SSSR count). The average Bonchev–Trinajstić information content (AvgIpc) is 3.87. The molecule has 236 valence electrons. The molecule has 1 spiro atoms. The molecule has 3 fully saturated rings. The highest BCUT2D eigenvalue weighted by atomic mass is 19.4. The van der Waals surface area contributed by atoms with Crippen LogP contribution in [0.15, 0.2) is 35.9 Å². The van der Waals surface area contributed by atoms with Crippen LogP contribution in [0.3, 0.4) is 0 Å². The summed E-state index contributed by atoms with van der Waals surface area (Å²) in [5.74, 6) is -0.712. The number of alkyl halides is 3. The smallest absolute Gasteiger partial charge is 0.419 e. The number of rotatable bonds is 13. The number of carbonyl (C=O) groups excluding carboxylic acids is 1. The van der Waals surface area contributed by atoms with Crippen LogP contribution in [0.1, 0.15) is 83.3 Å². The summed E-state index contributed by atoms with van der Waals surface area (Å²) in [6, 6.07) is 3.75. The Morgan fingerprint density at radius 2 is 1.88 bits per heavy atom. The molecule has 3 aliphatic rings. The number of unbranched alkanes of at least 4 members (excludes halogenated alkanes) is 3. The Labute approximate surface area is 246 Å². The first-order valence-electron chi connectivity index (χ1n) is 14.7. The summed E-state index contributed by atoms with van der Waals surface area (Å²) in [7, 11) is 1.00. The molecule has 10 heteroatoms. The lowest BCUT2D eigenvalue weighted by Crippen LogP contribution is -2.44. The molecule has 2 heterocycles. The maximum atomic E-state index is 13.7. The standard InChI is InChI=1S/C31H41F3O6.CH4O/c1-21(2)8-12-27-29(3,40-27)26-19-23(14-15-30(26)20-38-30)39-28(36)13-10-22-9-11-25(24(18-22)31(32,33)34)37-17-7-5-4-6-16-35;1-2/h8-11,13,18,23,26-27,35H,4-7,12,14-17,19-20H2,1-3H3;2H,1H3/b13-10+;/t23-,26?,27?,29?,30?;/m1./s1. The van der Waals surface area contributed by atoms with Crippen molar-refractivity contribution in [3.8, 4) is 5.75 Å². The van der Waals surface area contributed by atoms with Gasteiger partial charge >= 0.3 is 12.1 Å². The first-order valence-corrected chi connectivity index (χ1v) is 14.7. The van der Waals surface area contributed by atoms with Gasteiger partial charge in [-0.3, -0.25) is 0 Å². The molecule has 1 aromatic rings. The largest absolute Gasteiger partial charge is 0.493 e. The lowest BCUT2D eigenvalue weighted by atomic mass is 9.70. The van der Waals surface area contributed by atoms with Crippen LogP contribution in [0.5, 0.6) is 5.75 Å². The number of ether oxygens (including phenoxy) is 4. The highest BCUT2D eigenvalue weighted by Gasteiger charge is 2.68. The van der Waals surface area contributed by atoms with E-state index >= 15 is 0 Å². The Bertz CT molecular complexity index is 1090. The number of esters is 1. The molecular weight excluding hydrogens is 553 g/mol. The van der Waals surface area contributed by atoms with Gasteiger partial charge in [0.25, 0.3) is 0 Å². The Balaban J connectivity index is 0.00000237. The number of epoxide rings is 2. The Hall–Kier alpha value is -2.40. The molecule has 1 aromatic carbocycles. The van der Waals surface area contributed by atoms with Crippen molar-refractivity contribution in [3.63, 3.8) is 0 Å². The molecule has 42 heavy (non-hydrogen) atoms. The lowest BCUT2D eigenvalue weighted by molar-refractivity contribution is -0.147. The summed E-state index contributed by atoms with van der Waals surface area (Å²) in [6.45, 7) is 7.18. The van der Waals surface area contributed by atoms with Crippen LogP contribution in [0.2, 0.25) is 0 Å². The van der Waals surface area contributed by atoms with E-state index < -0.39 is 17.7 Å². The van der Waals surface area contributed by atoms with Crippen molar-refractivity contribution in [1.29, 1.82) is 0 Å². The van der Waals surface area contributed by atoms with Gasteiger partial charge in [0.15, 0.2) is 0 Å². The predicted octanol–water partition coefficient (Wildman–Crippen LogP) is 6.25. The highest BCUT2D eigenvalue weighted by Crippen LogP contribution is 2.59. The van der Waals surface area contributed by atoms with Gasteiger partial charge in [-0.25, -0.2) is 4.79 Å². The zero-order valence-corrected chi connectivity index (χ0v) is 25.0. The zero-order chi connectivity index (χ0) is 31.0. The fourth-order valence-corrected chi connectivity index (χ4v) is 5.80.